The second-order valence-electron chi connectivity index (χ2n) is 4.50. The predicted molar refractivity (Wildman–Crippen MR) is 77.5 cm³/mol. The maximum Gasteiger partial charge on any atom is 0.327 e. The van der Waals surface area contributed by atoms with Gasteiger partial charge in [-0.25, -0.2) is 14.2 Å². The van der Waals surface area contributed by atoms with Crippen LogP contribution in [0.4, 0.5) is 10.2 Å². The smallest absolute Gasteiger partial charge is 0.327 e. The number of nitrogens with zero attached hydrogens (tertiary/aromatic N) is 2. The highest BCUT2D eigenvalue weighted by Crippen LogP contribution is 2.31. The van der Waals surface area contributed by atoms with Crippen molar-refractivity contribution in [3.63, 3.8) is 0 Å². The highest BCUT2D eigenvalue weighted by molar-refractivity contribution is 5.97. The molecule has 3 aromatic rings. The molecule has 8 heteroatoms. The minimum Gasteiger partial charge on any atom is -0.383 e. The minimum atomic E-state index is -0.737. The maximum atomic E-state index is 13.1. The summed E-state index contributed by atoms with van der Waals surface area (Å²) >= 11 is 0. The van der Waals surface area contributed by atoms with Crippen LogP contribution in [0, 0.1) is 17.1 Å². The quantitative estimate of drug-likeness (QED) is 0.614. The Morgan fingerprint density at radius 1 is 1.18 bits per heavy atom. The number of nitrogens with two attached hydrogens (primary N) is 1. The molecule has 0 aliphatic heterocycles. The van der Waals surface area contributed by atoms with Crippen molar-refractivity contribution in [2.75, 3.05) is 5.73 Å². The topological polar surface area (TPSA) is 128 Å². The molecule has 0 saturated carbocycles. The molecule has 0 aliphatic rings. The van der Waals surface area contributed by atoms with Crippen LogP contribution in [0.5, 0.6) is 0 Å². The number of aromatic nitrogens is 3. The van der Waals surface area contributed by atoms with E-state index >= 15 is 0 Å². The number of H-pyrrole nitrogens is 2. The molecule has 4 N–H and O–H groups in total. The van der Waals surface area contributed by atoms with Crippen molar-refractivity contribution in [2.45, 2.75) is 0 Å². The zero-order valence-corrected chi connectivity index (χ0v) is 11.0. The molecule has 0 radical (unpaired) electrons. The highest BCUT2D eigenvalue weighted by atomic mass is 19.1. The Bertz CT molecular complexity index is 1040. The number of pyridine rings is 1. The highest BCUT2D eigenvalue weighted by Gasteiger charge is 2.18. The second kappa shape index (κ2) is 4.82. The molecule has 0 bridgehead atoms. The van der Waals surface area contributed by atoms with Gasteiger partial charge in [-0.05, 0) is 17.7 Å². The third-order valence-electron chi connectivity index (χ3n) is 3.16. The van der Waals surface area contributed by atoms with Crippen LogP contribution in [0.1, 0.15) is 5.56 Å². The fraction of sp³-hybridized carbons (Fsp3) is 0. The van der Waals surface area contributed by atoms with Crippen molar-refractivity contribution in [1.82, 2.24) is 15.0 Å². The number of nitrogens with one attached hydrogen (secondary N) is 2. The van der Waals surface area contributed by atoms with Crippen molar-refractivity contribution in [3.05, 3.63) is 56.5 Å². The molecule has 0 aliphatic carbocycles. The van der Waals surface area contributed by atoms with Crippen molar-refractivity contribution < 1.29 is 4.39 Å². The molecule has 0 amide bonds. The SMILES string of the molecule is N#Cc1c(N)nc2[nH]c(=O)[nH]c(=O)c2c1-c1ccc(F)cc1. The Kier molecular flexibility index (Phi) is 2.96. The zero-order valence-electron chi connectivity index (χ0n) is 11.0. The Hall–Kier alpha value is -3.47. The summed E-state index contributed by atoms with van der Waals surface area (Å²) in [6.45, 7) is 0. The van der Waals surface area contributed by atoms with Crippen LogP contribution in [0.3, 0.4) is 0 Å². The third-order valence-corrected chi connectivity index (χ3v) is 3.16. The van der Waals surface area contributed by atoms with E-state index in [1.165, 1.54) is 24.3 Å². The average molecular weight is 297 g/mol. The molecule has 3 rings (SSSR count). The van der Waals surface area contributed by atoms with E-state index in [0.29, 0.717) is 5.56 Å². The van der Waals surface area contributed by atoms with Crippen LogP contribution in [-0.2, 0) is 0 Å². The van der Waals surface area contributed by atoms with Crippen LogP contribution in [-0.4, -0.2) is 15.0 Å². The molecule has 22 heavy (non-hydrogen) atoms. The molecule has 0 unspecified atom stereocenters. The number of nitriles is 1. The number of hydrogen-bond acceptors (Lipinski definition) is 5. The summed E-state index contributed by atoms with van der Waals surface area (Å²) in [5.74, 6) is -0.591. The third kappa shape index (κ3) is 2.01. The lowest BCUT2D eigenvalue weighted by atomic mass is 9.98. The van der Waals surface area contributed by atoms with Gasteiger partial charge in [-0.15, -0.1) is 0 Å². The lowest BCUT2D eigenvalue weighted by molar-refractivity contribution is 0.628. The molecule has 2 heterocycles. The molecule has 0 spiro atoms. The molecule has 0 saturated heterocycles. The average Bonchev–Trinajstić information content (AvgIpc) is 2.46. The molecule has 1 aromatic carbocycles. The fourth-order valence-corrected chi connectivity index (χ4v) is 2.24. The van der Waals surface area contributed by atoms with E-state index in [4.69, 9.17) is 5.73 Å². The first-order chi connectivity index (χ1) is 10.5. The monoisotopic (exact) mass is 297 g/mol. The number of nitrogen functional groups attached to an aromatic ring is 1. The fourth-order valence-electron chi connectivity index (χ4n) is 2.24. The van der Waals surface area contributed by atoms with E-state index in [9.17, 15) is 19.2 Å². The first-order valence-electron chi connectivity index (χ1n) is 6.13. The lowest BCUT2D eigenvalue weighted by Gasteiger charge is -2.09. The number of benzene rings is 1. The van der Waals surface area contributed by atoms with Gasteiger partial charge in [0.1, 0.15) is 28.9 Å². The summed E-state index contributed by atoms with van der Waals surface area (Å²) in [4.78, 5) is 31.8. The van der Waals surface area contributed by atoms with E-state index in [1.807, 2.05) is 6.07 Å². The van der Waals surface area contributed by atoms with Gasteiger partial charge in [0.05, 0.1) is 5.39 Å². The number of hydrogen-bond donors (Lipinski definition) is 3. The summed E-state index contributed by atoms with van der Waals surface area (Å²) in [5, 5.41) is 9.30. The van der Waals surface area contributed by atoms with Gasteiger partial charge in [-0.1, -0.05) is 12.1 Å². The Morgan fingerprint density at radius 3 is 2.50 bits per heavy atom. The van der Waals surface area contributed by atoms with Crippen molar-refractivity contribution >= 4 is 16.9 Å². The summed E-state index contributed by atoms with van der Waals surface area (Å²) < 4.78 is 13.1. The molecule has 0 fully saturated rings. The number of halogens is 1. The van der Waals surface area contributed by atoms with Gasteiger partial charge >= 0.3 is 5.69 Å². The standard InChI is InChI=1S/C14H8FN5O2/c15-7-3-1-6(2-4-7)9-8(5-16)11(17)18-12-10(9)13(21)20-14(22)19-12/h1-4H,(H4,17,18,19,20,21,22). The van der Waals surface area contributed by atoms with E-state index < -0.39 is 17.1 Å². The van der Waals surface area contributed by atoms with Crippen LogP contribution in [0.2, 0.25) is 0 Å². The van der Waals surface area contributed by atoms with Crippen LogP contribution in [0.25, 0.3) is 22.2 Å². The number of aromatic amines is 2. The van der Waals surface area contributed by atoms with E-state index in [1.54, 1.807) is 0 Å². The number of anilines is 1. The van der Waals surface area contributed by atoms with Crippen LogP contribution >= 0.6 is 0 Å². The molecule has 0 atom stereocenters. The Morgan fingerprint density at radius 2 is 1.86 bits per heavy atom. The molecule has 2 aromatic heterocycles. The van der Waals surface area contributed by atoms with Crippen molar-refractivity contribution in [3.8, 4) is 17.2 Å². The summed E-state index contributed by atoms with van der Waals surface area (Å²) in [6.07, 6.45) is 0. The zero-order chi connectivity index (χ0) is 15.9. The Balaban J connectivity index is 2.55. The Labute approximate surface area is 121 Å². The van der Waals surface area contributed by atoms with Gasteiger partial charge in [0.15, 0.2) is 0 Å². The normalized spacial score (nSPS) is 10.5. The summed E-state index contributed by atoms with van der Waals surface area (Å²) in [5.41, 5.74) is 4.83. The first-order valence-corrected chi connectivity index (χ1v) is 6.13. The summed E-state index contributed by atoms with van der Waals surface area (Å²) in [7, 11) is 0. The lowest BCUT2D eigenvalue weighted by Crippen LogP contribution is -2.23. The largest absolute Gasteiger partial charge is 0.383 e. The minimum absolute atomic E-state index is 0.0111. The van der Waals surface area contributed by atoms with E-state index in [2.05, 4.69) is 15.0 Å². The molecule has 7 nitrogen and oxygen atoms in total. The van der Waals surface area contributed by atoms with Gasteiger partial charge in [0.25, 0.3) is 5.56 Å². The van der Waals surface area contributed by atoms with Gasteiger partial charge in [-0.3, -0.25) is 14.8 Å². The van der Waals surface area contributed by atoms with Crippen LogP contribution in [0.15, 0.2) is 33.9 Å². The second-order valence-corrected chi connectivity index (χ2v) is 4.50. The van der Waals surface area contributed by atoms with Gasteiger partial charge < -0.3 is 5.73 Å². The maximum absolute atomic E-state index is 13.1. The van der Waals surface area contributed by atoms with Gasteiger partial charge in [-0.2, -0.15) is 5.26 Å². The van der Waals surface area contributed by atoms with Crippen molar-refractivity contribution in [2.24, 2.45) is 0 Å². The van der Waals surface area contributed by atoms with E-state index in [0.717, 1.165) is 0 Å². The first kappa shape index (κ1) is 13.5. The van der Waals surface area contributed by atoms with Crippen molar-refractivity contribution in [1.29, 1.82) is 5.26 Å². The van der Waals surface area contributed by atoms with Gasteiger partial charge in [0.2, 0.25) is 0 Å². The number of fused-ring (bicyclic) bond motifs is 1. The summed E-state index contributed by atoms with van der Waals surface area (Å²) in [6, 6.07) is 7.09. The number of rotatable bonds is 1. The molecular formula is C14H8FN5O2. The molecule has 108 valence electrons. The predicted octanol–water partition coefficient (Wildman–Crippen LogP) is 0.871. The van der Waals surface area contributed by atoms with Gasteiger partial charge in [0, 0.05) is 5.56 Å². The van der Waals surface area contributed by atoms with E-state index in [-0.39, 0.29) is 28.0 Å². The molecular weight excluding hydrogens is 289 g/mol. The van der Waals surface area contributed by atoms with Crippen LogP contribution < -0.4 is 17.0 Å².